The number of hydrogen-bond acceptors (Lipinski definition) is 3. The van der Waals surface area contributed by atoms with Gasteiger partial charge in [-0.05, 0) is 23.6 Å². The molecule has 2 rings (SSSR count). The van der Waals surface area contributed by atoms with Crippen molar-refractivity contribution in [1.29, 1.82) is 0 Å². The highest BCUT2D eigenvalue weighted by molar-refractivity contribution is 5.94. The van der Waals surface area contributed by atoms with Crippen LogP contribution in [0, 0.1) is 0 Å². The maximum Gasteiger partial charge on any atom is 0.253 e. The van der Waals surface area contributed by atoms with E-state index in [4.69, 9.17) is 5.11 Å². The number of benzene rings is 1. The van der Waals surface area contributed by atoms with Crippen molar-refractivity contribution in [2.75, 3.05) is 26.2 Å². The number of hydrogen-bond donors (Lipinski definition) is 2. The second-order valence-corrected chi connectivity index (χ2v) is 5.36. The third kappa shape index (κ3) is 3.33. The molecule has 1 atom stereocenters. The molecule has 1 aromatic rings. The van der Waals surface area contributed by atoms with Crippen molar-refractivity contribution in [1.82, 2.24) is 10.2 Å². The van der Waals surface area contributed by atoms with Gasteiger partial charge in [-0.25, -0.2) is 0 Å². The van der Waals surface area contributed by atoms with Crippen LogP contribution in [0.25, 0.3) is 0 Å². The molecule has 1 heterocycles. The Labute approximate surface area is 114 Å². The van der Waals surface area contributed by atoms with Crippen molar-refractivity contribution < 1.29 is 9.90 Å². The van der Waals surface area contributed by atoms with Gasteiger partial charge in [0.15, 0.2) is 0 Å². The summed E-state index contributed by atoms with van der Waals surface area (Å²) in [5.41, 5.74) is 1.97. The summed E-state index contributed by atoms with van der Waals surface area (Å²) in [6.07, 6.45) is 0. The molecule has 0 aliphatic carbocycles. The van der Waals surface area contributed by atoms with Gasteiger partial charge in [-0.1, -0.05) is 26.0 Å². The van der Waals surface area contributed by atoms with Crippen molar-refractivity contribution >= 4 is 5.91 Å². The highest BCUT2D eigenvalue weighted by Gasteiger charge is 2.23. The minimum Gasteiger partial charge on any atom is -0.395 e. The van der Waals surface area contributed by atoms with Crippen molar-refractivity contribution in [3.8, 4) is 0 Å². The third-order valence-electron chi connectivity index (χ3n) is 3.59. The first kappa shape index (κ1) is 14.0. The molecule has 0 bridgehead atoms. The number of nitrogens with one attached hydrogen (secondary N) is 1. The van der Waals surface area contributed by atoms with Crippen LogP contribution in [0.2, 0.25) is 0 Å². The monoisotopic (exact) mass is 262 g/mol. The van der Waals surface area contributed by atoms with Crippen LogP contribution in [-0.4, -0.2) is 48.2 Å². The molecule has 0 spiro atoms. The Kier molecular flexibility index (Phi) is 4.56. The molecule has 1 aliphatic heterocycles. The fourth-order valence-corrected chi connectivity index (χ4v) is 2.33. The number of aliphatic hydroxyl groups excluding tert-OH is 1. The van der Waals surface area contributed by atoms with Crippen LogP contribution in [0.4, 0.5) is 0 Å². The average molecular weight is 262 g/mol. The Morgan fingerprint density at radius 2 is 2.11 bits per heavy atom. The van der Waals surface area contributed by atoms with E-state index in [0.717, 1.165) is 12.1 Å². The number of rotatable bonds is 3. The number of carbonyl (C=O) groups is 1. The summed E-state index contributed by atoms with van der Waals surface area (Å²) in [6, 6.07) is 7.82. The van der Waals surface area contributed by atoms with Gasteiger partial charge in [-0.3, -0.25) is 4.79 Å². The predicted molar refractivity (Wildman–Crippen MR) is 75.3 cm³/mol. The second-order valence-electron chi connectivity index (χ2n) is 5.36. The Balaban J connectivity index is 2.06. The maximum atomic E-state index is 12.4. The summed E-state index contributed by atoms with van der Waals surface area (Å²) in [6.45, 7) is 6.34. The molecule has 19 heavy (non-hydrogen) atoms. The van der Waals surface area contributed by atoms with E-state index in [1.807, 2.05) is 29.2 Å². The molecule has 1 aliphatic rings. The van der Waals surface area contributed by atoms with E-state index in [1.54, 1.807) is 0 Å². The lowest BCUT2D eigenvalue weighted by molar-refractivity contribution is 0.0671. The molecule has 1 saturated heterocycles. The van der Waals surface area contributed by atoms with Gasteiger partial charge in [0, 0.05) is 31.2 Å². The molecular formula is C15H22N2O2. The van der Waals surface area contributed by atoms with Gasteiger partial charge >= 0.3 is 0 Å². The van der Waals surface area contributed by atoms with Crippen LogP contribution in [0.3, 0.4) is 0 Å². The van der Waals surface area contributed by atoms with E-state index in [-0.39, 0.29) is 18.6 Å². The van der Waals surface area contributed by atoms with E-state index < -0.39 is 0 Å². The van der Waals surface area contributed by atoms with Gasteiger partial charge in [0.1, 0.15) is 0 Å². The fourth-order valence-electron chi connectivity index (χ4n) is 2.33. The lowest BCUT2D eigenvalue weighted by atomic mass is 10.0. The van der Waals surface area contributed by atoms with E-state index >= 15 is 0 Å². The summed E-state index contributed by atoms with van der Waals surface area (Å²) in [5, 5.41) is 12.3. The largest absolute Gasteiger partial charge is 0.395 e. The van der Waals surface area contributed by atoms with Crippen molar-refractivity contribution in [2.45, 2.75) is 25.8 Å². The number of carbonyl (C=O) groups excluding carboxylic acids is 1. The molecule has 4 heteroatoms. The van der Waals surface area contributed by atoms with E-state index in [0.29, 0.717) is 19.0 Å². The highest BCUT2D eigenvalue weighted by atomic mass is 16.3. The third-order valence-corrected chi connectivity index (χ3v) is 3.59. The molecule has 0 aromatic heterocycles. The van der Waals surface area contributed by atoms with Crippen LogP contribution in [-0.2, 0) is 0 Å². The minimum absolute atomic E-state index is 0.00682. The molecule has 1 amide bonds. The summed E-state index contributed by atoms with van der Waals surface area (Å²) in [4.78, 5) is 14.2. The molecule has 1 unspecified atom stereocenters. The zero-order chi connectivity index (χ0) is 13.8. The van der Waals surface area contributed by atoms with Gasteiger partial charge < -0.3 is 15.3 Å². The minimum atomic E-state index is -0.00682. The van der Waals surface area contributed by atoms with Crippen molar-refractivity contribution in [3.63, 3.8) is 0 Å². The maximum absolute atomic E-state index is 12.4. The van der Waals surface area contributed by atoms with Crippen LogP contribution in [0.5, 0.6) is 0 Å². The summed E-state index contributed by atoms with van der Waals surface area (Å²) in [7, 11) is 0. The summed E-state index contributed by atoms with van der Waals surface area (Å²) < 4.78 is 0. The molecular weight excluding hydrogens is 240 g/mol. The number of piperazine rings is 1. The predicted octanol–water partition coefficient (Wildman–Crippen LogP) is 1.22. The fraction of sp³-hybridized carbons (Fsp3) is 0.533. The normalized spacial score (nSPS) is 19.8. The van der Waals surface area contributed by atoms with Crippen LogP contribution in [0.1, 0.15) is 35.7 Å². The van der Waals surface area contributed by atoms with E-state index in [2.05, 4.69) is 19.2 Å². The van der Waals surface area contributed by atoms with Gasteiger partial charge in [0.05, 0.1) is 6.61 Å². The Morgan fingerprint density at radius 1 is 1.42 bits per heavy atom. The first-order valence-corrected chi connectivity index (χ1v) is 6.85. The SMILES string of the molecule is CC(C)c1ccc(C(=O)N2CCNC(CO)C2)cc1. The number of amides is 1. The Hall–Kier alpha value is -1.39. The van der Waals surface area contributed by atoms with Crippen molar-refractivity contribution in [3.05, 3.63) is 35.4 Å². The van der Waals surface area contributed by atoms with Gasteiger partial charge in [0.2, 0.25) is 0 Å². The van der Waals surface area contributed by atoms with Crippen molar-refractivity contribution in [2.24, 2.45) is 0 Å². The molecule has 4 nitrogen and oxygen atoms in total. The number of nitrogens with zero attached hydrogens (tertiary/aromatic N) is 1. The lowest BCUT2D eigenvalue weighted by Crippen LogP contribution is -2.54. The molecule has 1 fully saturated rings. The smallest absolute Gasteiger partial charge is 0.253 e. The van der Waals surface area contributed by atoms with Crippen LogP contribution in [0.15, 0.2) is 24.3 Å². The summed E-state index contributed by atoms with van der Waals surface area (Å²) >= 11 is 0. The topological polar surface area (TPSA) is 52.6 Å². The quantitative estimate of drug-likeness (QED) is 0.861. The highest BCUT2D eigenvalue weighted by Crippen LogP contribution is 2.16. The number of aliphatic hydroxyl groups is 1. The molecule has 1 aromatic carbocycles. The van der Waals surface area contributed by atoms with Gasteiger partial charge in [-0.2, -0.15) is 0 Å². The molecule has 104 valence electrons. The Morgan fingerprint density at radius 3 is 2.68 bits per heavy atom. The Bertz CT molecular complexity index is 428. The standard InChI is InChI=1S/C15H22N2O2/c1-11(2)12-3-5-13(6-4-12)15(19)17-8-7-16-14(9-17)10-18/h3-6,11,14,16,18H,7-10H2,1-2H3. The van der Waals surface area contributed by atoms with Crippen LogP contribution >= 0.6 is 0 Å². The van der Waals surface area contributed by atoms with E-state index in [9.17, 15) is 4.79 Å². The average Bonchev–Trinajstić information content (AvgIpc) is 2.46. The zero-order valence-electron chi connectivity index (χ0n) is 11.6. The lowest BCUT2D eigenvalue weighted by Gasteiger charge is -2.32. The van der Waals surface area contributed by atoms with Gasteiger partial charge in [-0.15, -0.1) is 0 Å². The molecule has 0 radical (unpaired) electrons. The summed E-state index contributed by atoms with van der Waals surface area (Å²) in [5.74, 6) is 0.525. The van der Waals surface area contributed by atoms with Gasteiger partial charge in [0.25, 0.3) is 5.91 Å². The van der Waals surface area contributed by atoms with E-state index in [1.165, 1.54) is 5.56 Å². The second kappa shape index (κ2) is 6.17. The molecule has 2 N–H and O–H groups in total. The first-order valence-electron chi connectivity index (χ1n) is 6.85. The van der Waals surface area contributed by atoms with Crippen LogP contribution < -0.4 is 5.32 Å². The molecule has 0 saturated carbocycles. The first-order chi connectivity index (χ1) is 9.11. The zero-order valence-corrected chi connectivity index (χ0v) is 11.6.